The summed E-state index contributed by atoms with van der Waals surface area (Å²) < 4.78 is 1.64. The van der Waals surface area contributed by atoms with E-state index in [2.05, 4.69) is 10.00 Å². The zero-order valence-corrected chi connectivity index (χ0v) is 13.1. The van der Waals surface area contributed by atoms with E-state index in [9.17, 15) is 4.79 Å². The molecule has 1 aliphatic heterocycles. The second kappa shape index (κ2) is 5.70. The topological polar surface area (TPSA) is 64.2 Å². The van der Waals surface area contributed by atoms with Crippen LogP contribution in [0.15, 0.2) is 0 Å². The Labute approximate surface area is 126 Å². The van der Waals surface area contributed by atoms with Crippen LogP contribution in [-0.2, 0) is 7.05 Å². The molecule has 0 aromatic carbocycles. The summed E-state index contributed by atoms with van der Waals surface area (Å²) in [4.78, 5) is 15.0. The Morgan fingerprint density at radius 3 is 2.52 bits per heavy atom. The number of carbonyl (C=O) groups is 1. The summed E-state index contributed by atoms with van der Waals surface area (Å²) in [6.07, 6.45) is 8.79. The molecule has 1 aromatic heterocycles. The fraction of sp³-hybridized carbons (Fsp3) is 0.750. The first kappa shape index (κ1) is 14.4. The average Bonchev–Trinajstić information content (AvgIpc) is 3.05. The van der Waals surface area contributed by atoms with Crippen LogP contribution in [0, 0.1) is 12.8 Å². The number of hydrogen-bond acceptors (Lipinski definition) is 3. The molecule has 5 nitrogen and oxygen atoms in total. The van der Waals surface area contributed by atoms with Crippen LogP contribution in [0.2, 0.25) is 0 Å². The molecule has 1 aliphatic carbocycles. The Kier molecular flexibility index (Phi) is 3.91. The third kappa shape index (κ3) is 2.54. The molecule has 1 saturated carbocycles. The molecule has 0 spiro atoms. The number of rotatable bonds is 2. The molecule has 1 amide bonds. The highest BCUT2D eigenvalue weighted by Crippen LogP contribution is 2.35. The van der Waals surface area contributed by atoms with E-state index in [0.29, 0.717) is 23.3 Å². The number of nitrogens with two attached hydrogens (primary N) is 1. The standard InChI is InChI=1S/C16H26N4O/c1-11-14(17)15(19(2)18-11)16(21)20-10-6-9-13(20)12-7-4-3-5-8-12/h12-13H,3-10,17H2,1-2H3. The quantitative estimate of drug-likeness (QED) is 0.910. The first-order chi connectivity index (χ1) is 10.1. The number of likely N-dealkylation sites (tertiary alicyclic amines) is 1. The number of nitrogen functional groups attached to an aromatic ring is 1. The molecular formula is C16H26N4O. The van der Waals surface area contributed by atoms with Gasteiger partial charge in [-0.3, -0.25) is 9.48 Å². The summed E-state index contributed by atoms with van der Waals surface area (Å²) >= 11 is 0. The summed E-state index contributed by atoms with van der Waals surface area (Å²) in [6.45, 7) is 2.72. The van der Waals surface area contributed by atoms with Crippen LogP contribution >= 0.6 is 0 Å². The number of nitrogens with zero attached hydrogens (tertiary/aromatic N) is 3. The van der Waals surface area contributed by atoms with Crippen molar-refractivity contribution in [2.75, 3.05) is 12.3 Å². The van der Waals surface area contributed by atoms with Crippen molar-refractivity contribution in [1.29, 1.82) is 0 Å². The van der Waals surface area contributed by atoms with Gasteiger partial charge in [0.05, 0.1) is 11.4 Å². The van der Waals surface area contributed by atoms with Crippen molar-refractivity contribution in [1.82, 2.24) is 14.7 Å². The smallest absolute Gasteiger partial charge is 0.274 e. The fourth-order valence-corrected chi connectivity index (χ4v) is 4.12. The van der Waals surface area contributed by atoms with Crippen LogP contribution < -0.4 is 5.73 Å². The lowest BCUT2D eigenvalue weighted by Crippen LogP contribution is -2.41. The molecule has 2 fully saturated rings. The normalized spacial score (nSPS) is 23.7. The van der Waals surface area contributed by atoms with E-state index in [1.165, 1.54) is 32.1 Å². The molecule has 2 aliphatic rings. The SMILES string of the molecule is Cc1nn(C)c(C(=O)N2CCCC2C2CCCCC2)c1N. The number of hydrogen-bond donors (Lipinski definition) is 1. The van der Waals surface area contributed by atoms with Gasteiger partial charge in [0.1, 0.15) is 5.69 Å². The van der Waals surface area contributed by atoms with Gasteiger partial charge in [-0.2, -0.15) is 5.10 Å². The fourth-order valence-electron chi connectivity index (χ4n) is 4.12. The van der Waals surface area contributed by atoms with Crippen molar-refractivity contribution in [3.05, 3.63) is 11.4 Å². The Morgan fingerprint density at radius 2 is 1.90 bits per heavy atom. The highest BCUT2D eigenvalue weighted by molar-refractivity contribution is 5.98. The molecule has 116 valence electrons. The molecule has 3 rings (SSSR count). The van der Waals surface area contributed by atoms with Gasteiger partial charge in [0, 0.05) is 19.6 Å². The van der Waals surface area contributed by atoms with E-state index >= 15 is 0 Å². The number of anilines is 1. The maximum absolute atomic E-state index is 12.9. The van der Waals surface area contributed by atoms with E-state index in [0.717, 1.165) is 25.1 Å². The average molecular weight is 290 g/mol. The molecule has 1 unspecified atom stereocenters. The van der Waals surface area contributed by atoms with E-state index in [-0.39, 0.29) is 5.91 Å². The maximum Gasteiger partial charge on any atom is 0.274 e. The Balaban J connectivity index is 1.82. The maximum atomic E-state index is 12.9. The van der Waals surface area contributed by atoms with Gasteiger partial charge >= 0.3 is 0 Å². The molecule has 1 atom stereocenters. The molecule has 0 radical (unpaired) electrons. The Hall–Kier alpha value is -1.52. The zero-order chi connectivity index (χ0) is 15.0. The highest BCUT2D eigenvalue weighted by Gasteiger charge is 2.37. The molecular weight excluding hydrogens is 264 g/mol. The van der Waals surface area contributed by atoms with Gasteiger partial charge in [-0.25, -0.2) is 0 Å². The first-order valence-corrected chi connectivity index (χ1v) is 8.19. The van der Waals surface area contributed by atoms with Gasteiger partial charge in [0.15, 0.2) is 0 Å². The number of aromatic nitrogens is 2. The van der Waals surface area contributed by atoms with Crippen molar-refractivity contribution in [3.8, 4) is 0 Å². The predicted octanol–water partition coefficient (Wildman–Crippen LogP) is 2.50. The van der Waals surface area contributed by atoms with Crippen LogP contribution in [0.1, 0.15) is 61.1 Å². The van der Waals surface area contributed by atoms with Gasteiger partial charge in [0.25, 0.3) is 5.91 Å². The minimum atomic E-state index is 0.0728. The van der Waals surface area contributed by atoms with E-state index in [1.54, 1.807) is 4.68 Å². The second-order valence-corrected chi connectivity index (χ2v) is 6.58. The van der Waals surface area contributed by atoms with Gasteiger partial charge in [0.2, 0.25) is 0 Å². The van der Waals surface area contributed by atoms with Gasteiger partial charge < -0.3 is 10.6 Å². The Morgan fingerprint density at radius 1 is 1.19 bits per heavy atom. The zero-order valence-electron chi connectivity index (χ0n) is 13.1. The van der Waals surface area contributed by atoms with Crippen LogP contribution in [0.25, 0.3) is 0 Å². The summed E-state index contributed by atoms with van der Waals surface area (Å²) in [5, 5.41) is 4.28. The van der Waals surface area contributed by atoms with Crippen molar-refractivity contribution in [3.63, 3.8) is 0 Å². The Bertz CT molecular complexity index is 531. The van der Waals surface area contributed by atoms with Gasteiger partial charge in [-0.05, 0) is 38.5 Å². The van der Waals surface area contributed by atoms with Crippen molar-refractivity contribution in [2.24, 2.45) is 13.0 Å². The lowest BCUT2D eigenvalue weighted by atomic mass is 9.83. The minimum Gasteiger partial charge on any atom is -0.395 e. The highest BCUT2D eigenvalue weighted by atomic mass is 16.2. The number of carbonyl (C=O) groups excluding carboxylic acids is 1. The van der Waals surface area contributed by atoms with Crippen LogP contribution in [0.3, 0.4) is 0 Å². The molecule has 5 heteroatoms. The number of amides is 1. The second-order valence-electron chi connectivity index (χ2n) is 6.58. The van der Waals surface area contributed by atoms with Crippen molar-refractivity contribution < 1.29 is 4.79 Å². The van der Waals surface area contributed by atoms with Crippen molar-refractivity contribution in [2.45, 2.75) is 57.9 Å². The van der Waals surface area contributed by atoms with Gasteiger partial charge in [-0.15, -0.1) is 0 Å². The summed E-state index contributed by atoms with van der Waals surface area (Å²) in [7, 11) is 1.81. The molecule has 2 heterocycles. The third-order valence-corrected chi connectivity index (χ3v) is 5.23. The monoisotopic (exact) mass is 290 g/mol. The first-order valence-electron chi connectivity index (χ1n) is 8.19. The lowest BCUT2D eigenvalue weighted by Gasteiger charge is -2.34. The van der Waals surface area contributed by atoms with Crippen LogP contribution in [-0.4, -0.2) is 33.2 Å². The van der Waals surface area contributed by atoms with Crippen LogP contribution in [0.5, 0.6) is 0 Å². The predicted molar refractivity (Wildman–Crippen MR) is 83.0 cm³/mol. The number of aryl methyl sites for hydroxylation is 2. The van der Waals surface area contributed by atoms with E-state index in [4.69, 9.17) is 5.73 Å². The summed E-state index contributed by atoms with van der Waals surface area (Å²) in [5.74, 6) is 0.754. The van der Waals surface area contributed by atoms with Crippen LogP contribution in [0.4, 0.5) is 5.69 Å². The van der Waals surface area contributed by atoms with Crippen molar-refractivity contribution >= 4 is 11.6 Å². The molecule has 2 N–H and O–H groups in total. The minimum absolute atomic E-state index is 0.0728. The lowest BCUT2D eigenvalue weighted by molar-refractivity contribution is 0.0651. The molecule has 1 aromatic rings. The summed E-state index contributed by atoms with van der Waals surface area (Å²) in [6, 6.07) is 0.410. The molecule has 0 bridgehead atoms. The largest absolute Gasteiger partial charge is 0.395 e. The molecule has 1 saturated heterocycles. The molecule has 21 heavy (non-hydrogen) atoms. The summed E-state index contributed by atoms with van der Waals surface area (Å²) in [5.41, 5.74) is 7.91. The van der Waals surface area contributed by atoms with E-state index < -0.39 is 0 Å². The third-order valence-electron chi connectivity index (χ3n) is 5.23. The van der Waals surface area contributed by atoms with Gasteiger partial charge in [-0.1, -0.05) is 19.3 Å². The van der Waals surface area contributed by atoms with E-state index in [1.807, 2.05) is 14.0 Å².